The Morgan fingerprint density at radius 2 is 2.23 bits per heavy atom. The van der Waals surface area contributed by atoms with E-state index in [4.69, 9.17) is 0 Å². The highest BCUT2D eigenvalue weighted by atomic mass is 16.2. The summed E-state index contributed by atoms with van der Waals surface area (Å²) < 4.78 is 2.01. The van der Waals surface area contributed by atoms with Crippen molar-refractivity contribution in [1.29, 1.82) is 0 Å². The minimum atomic E-state index is 0.0651. The summed E-state index contributed by atoms with van der Waals surface area (Å²) >= 11 is 0. The third-order valence-corrected chi connectivity index (χ3v) is 4.76. The zero-order valence-corrected chi connectivity index (χ0v) is 12.6. The monoisotopic (exact) mass is 296 g/mol. The van der Waals surface area contributed by atoms with Crippen molar-refractivity contribution in [2.24, 2.45) is 5.92 Å². The normalized spacial score (nSPS) is 24.5. The molecule has 1 amide bonds. The first-order valence-corrected chi connectivity index (χ1v) is 8.09. The molecule has 1 fully saturated rings. The van der Waals surface area contributed by atoms with E-state index in [1.807, 2.05) is 33.7 Å². The summed E-state index contributed by atoms with van der Waals surface area (Å²) in [7, 11) is 0. The lowest BCUT2D eigenvalue weighted by molar-refractivity contribution is -0.133. The van der Waals surface area contributed by atoms with Crippen molar-refractivity contribution < 1.29 is 4.79 Å². The van der Waals surface area contributed by atoms with Crippen molar-refractivity contribution in [1.82, 2.24) is 19.5 Å². The molecule has 0 N–H and O–H groups in total. The molecular weight excluding hydrogens is 276 g/mol. The molecule has 1 aliphatic heterocycles. The smallest absolute Gasteiger partial charge is 0.223 e. The van der Waals surface area contributed by atoms with Crippen molar-refractivity contribution in [2.45, 2.75) is 38.1 Å². The summed E-state index contributed by atoms with van der Waals surface area (Å²) in [5, 5.41) is 8.57. The summed E-state index contributed by atoms with van der Waals surface area (Å²) in [6.45, 7) is 0.835. The van der Waals surface area contributed by atoms with E-state index in [1.54, 1.807) is 0 Å². The number of hydrogen-bond donors (Lipinski definition) is 0. The van der Waals surface area contributed by atoms with Crippen molar-refractivity contribution in [3.05, 3.63) is 42.4 Å². The molecule has 2 atom stereocenters. The fourth-order valence-corrected chi connectivity index (χ4v) is 3.63. The van der Waals surface area contributed by atoms with E-state index >= 15 is 0 Å². The molecule has 5 nitrogen and oxygen atoms in total. The molecular formula is C17H20N4O. The Kier molecular flexibility index (Phi) is 3.41. The molecule has 0 saturated carbocycles. The maximum Gasteiger partial charge on any atom is 0.223 e. The SMILES string of the molecule is O=C(C[C@H]1C=CCC1)N1CCC[C@@H]1c1nnc2ccccn12. The van der Waals surface area contributed by atoms with Gasteiger partial charge in [-0.3, -0.25) is 9.20 Å². The van der Waals surface area contributed by atoms with Crippen LogP contribution in [0.25, 0.3) is 5.65 Å². The van der Waals surface area contributed by atoms with Gasteiger partial charge in [-0.2, -0.15) is 0 Å². The number of pyridine rings is 1. The van der Waals surface area contributed by atoms with E-state index in [1.165, 1.54) is 0 Å². The lowest BCUT2D eigenvalue weighted by atomic mass is 10.0. The van der Waals surface area contributed by atoms with E-state index in [0.29, 0.717) is 12.3 Å². The van der Waals surface area contributed by atoms with E-state index in [-0.39, 0.29) is 11.9 Å². The first-order chi connectivity index (χ1) is 10.8. The predicted molar refractivity (Wildman–Crippen MR) is 83.2 cm³/mol. The van der Waals surface area contributed by atoms with Gasteiger partial charge >= 0.3 is 0 Å². The number of fused-ring (bicyclic) bond motifs is 1. The third-order valence-electron chi connectivity index (χ3n) is 4.76. The van der Waals surface area contributed by atoms with Gasteiger partial charge in [-0.25, -0.2) is 0 Å². The largest absolute Gasteiger partial charge is 0.332 e. The molecule has 0 unspecified atom stereocenters. The molecule has 0 bridgehead atoms. The first-order valence-electron chi connectivity index (χ1n) is 8.09. The van der Waals surface area contributed by atoms with Gasteiger partial charge in [0.25, 0.3) is 0 Å². The van der Waals surface area contributed by atoms with Crippen LogP contribution in [-0.2, 0) is 4.79 Å². The van der Waals surface area contributed by atoms with Crippen LogP contribution in [0, 0.1) is 5.92 Å². The third kappa shape index (κ3) is 2.30. The minimum Gasteiger partial charge on any atom is -0.332 e. The zero-order chi connectivity index (χ0) is 14.9. The Balaban J connectivity index is 1.58. The lowest BCUT2D eigenvalue weighted by Crippen LogP contribution is -2.32. The molecule has 0 spiro atoms. The molecule has 4 rings (SSSR count). The topological polar surface area (TPSA) is 50.5 Å². The Hall–Kier alpha value is -2.17. The molecule has 22 heavy (non-hydrogen) atoms. The van der Waals surface area contributed by atoms with Crippen LogP contribution in [0.15, 0.2) is 36.5 Å². The van der Waals surface area contributed by atoms with Crippen LogP contribution in [-0.4, -0.2) is 31.9 Å². The average Bonchev–Trinajstić information content (AvgIpc) is 3.26. The molecule has 2 aliphatic rings. The zero-order valence-electron chi connectivity index (χ0n) is 12.6. The molecule has 3 heterocycles. The number of nitrogens with zero attached hydrogens (tertiary/aromatic N) is 4. The molecule has 1 aliphatic carbocycles. The molecule has 2 aromatic rings. The van der Waals surface area contributed by atoms with Crippen LogP contribution in [0.5, 0.6) is 0 Å². The summed E-state index contributed by atoms with van der Waals surface area (Å²) in [6.07, 6.45) is 11.2. The van der Waals surface area contributed by atoms with E-state index in [2.05, 4.69) is 22.3 Å². The minimum absolute atomic E-state index is 0.0651. The summed E-state index contributed by atoms with van der Waals surface area (Å²) in [5.41, 5.74) is 0.843. The van der Waals surface area contributed by atoms with Crippen LogP contribution in [0.2, 0.25) is 0 Å². The highest BCUT2D eigenvalue weighted by molar-refractivity contribution is 5.77. The molecule has 5 heteroatoms. The van der Waals surface area contributed by atoms with Gasteiger partial charge in [-0.05, 0) is 43.7 Å². The Labute approximate surface area is 129 Å². The van der Waals surface area contributed by atoms with Gasteiger partial charge in [-0.15, -0.1) is 10.2 Å². The van der Waals surface area contributed by atoms with E-state index < -0.39 is 0 Å². The van der Waals surface area contributed by atoms with Crippen LogP contribution in [0.4, 0.5) is 0 Å². The number of allylic oxidation sites excluding steroid dienone is 2. The molecule has 0 radical (unpaired) electrons. The molecule has 114 valence electrons. The number of carbonyl (C=O) groups excluding carboxylic acids is 1. The van der Waals surface area contributed by atoms with E-state index in [0.717, 1.165) is 43.7 Å². The van der Waals surface area contributed by atoms with Gasteiger partial charge in [0.15, 0.2) is 11.5 Å². The maximum absolute atomic E-state index is 12.7. The van der Waals surface area contributed by atoms with Crippen LogP contribution >= 0.6 is 0 Å². The van der Waals surface area contributed by atoms with Crippen molar-refractivity contribution in [2.75, 3.05) is 6.54 Å². The number of aromatic nitrogens is 3. The summed E-state index contributed by atoms with van der Waals surface area (Å²) in [4.78, 5) is 14.7. The Morgan fingerprint density at radius 3 is 3.09 bits per heavy atom. The first kappa shape index (κ1) is 13.5. The molecule has 0 aromatic carbocycles. The van der Waals surface area contributed by atoms with Gasteiger partial charge in [0, 0.05) is 19.2 Å². The van der Waals surface area contributed by atoms with Crippen molar-refractivity contribution >= 4 is 11.6 Å². The van der Waals surface area contributed by atoms with Crippen LogP contribution in [0.3, 0.4) is 0 Å². The van der Waals surface area contributed by atoms with Gasteiger partial charge in [-0.1, -0.05) is 18.2 Å². The fourth-order valence-electron chi connectivity index (χ4n) is 3.63. The number of amides is 1. The highest BCUT2D eigenvalue weighted by Crippen LogP contribution is 2.33. The second-order valence-corrected chi connectivity index (χ2v) is 6.20. The number of hydrogen-bond acceptors (Lipinski definition) is 3. The van der Waals surface area contributed by atoms with Crippen LogP contribution < -0.4 is 0 Å². The number of rotatable bonds is 3. The lowest BCUT2D eigenvalue weighted by Gasteiger charge is -2.24. The van der Waals surface area contributed by atoms with Crippen molar-refractivity contribution in [3.8, 4) is 0 Å². The Morgan fingerprint density at radius 1 is 1.27 bits per heavy atom. The quantitative estimate of drug-likeness (QED) is 0.818. The Bertz CT molecular complexity index is 720. The highest BCUT2D eigenvalue weighted by Gasteiger charge is 2.33. The fraction of sp³-hybridized carbons (Fsp3) is 0.471. The number of likely N-dealkylation sites (tertiary alicyclic amines) is 1. The van der Waals surface area contributed by atoms with E-state index in [9.17, 15) is 4.79 Å². The van der Waals surface area contributed by atoms with Crippen molar-refractivity contribution in [3.63, 3.8) is 0 Å². The van der Waals surface area contributed by atoms with Gasteiger partial charge in [0.05, 0.1) is 6.04 Å². The van der Waals surface area contributed by atoms with Gasteiger partial charge < -0.3 is 4.90 Å². The summed E-state index contributed by atoms with van der Waals surface area (Å²) in [5.74, 6) is 1.57. The number of carbonyl (C=O) groups is 1. The second-order valence-electron chi connectivity index (χ2n) is 6.20. The standard InChI is InChI=1S/C17H20N4O/c22-16(12-13-6-1-2-7-13)20-11-5-8-14(20)17-19-18-15-9-3-4-10-21(15)17/h1,3-4,6,9-10,13-14H,2,5,7-8,11-12H2/t13-,14+/m0/s1. The second kappa shape index (κ2) is 5.55. The average molecular weight is 296 g/mol. The summed E-state index contributed by atoms with van der Waals surface area (Å²) in [6, 6.07) is 5.94. The van der Waals surface area contributed by atoms with Crippen LogP contribution in [0.1, 0.15) is 44.0 Å². The van der Waals surface area contributed by atoms with Gasteiger partial charge in [0.1, 0.15) is 0 Å². The molecule has 1 saturated heterocycles. The van der Waals surface area contributed by atoms with Gasteiger partial charge in [0.2, 0.25) is 5.91 Å². The maximum atomic E-state index is 12.7. The molecule has 2 aromatic heterocycles. The predicted octanol–water partition coefficient (Wildman–Crippen LogP) is 2.75.